The Morgan fingerprint density at radius 1 is 1.00 bits per heavy atom. The van der Waals surface area contributed by atoms with Crippen molar-refractivity contribution >= 4 is 5.91 Å². The quantitative estimate of drug-likeness (QED) is 0.387. The maximum absolute atomic E-state index is 10.9. The van der Waals surface area contributed by atoms with Crippen molar-refractivity contribution in [2.45, 2.75) is 77.0 Å². The summed E-state index contributed by atoms with van der Waals surface area (Å²) in [6, 6.07) is 0. The van der Waals surface area contributed by atoms with Gasteiger partial charge in [0.2, 0.25) is 5.91 Å². The van der Waals surface area contributed by atoms with Gasteiger partial charge in [0.15, 0.2) is 0 Å². The van der Waals surface area contributed by atoms with E-state index in [2.05, 4.69) is 4.90 Å². The summed E-state index contributed by atoms with van der Waals surface area (Å²) in [7, 11) is 0. The molecule has 1 amide bonds. The molecule has 2 aliphatic rings. The van der Waals surface area contributed by atoms with Gasteiger partial charge >= 0.3 is 0 Å². The molecule has 4 nitrogen and oxygen atoms in total. The second kappa shape index (κ2) is 10.2. The molecule has 0 spiro atoms. The average molecular weight is 310 g/mol. The molecular formula is C18H34N2O2. The molecular weight excluding hydrogens is 276 g/mol. The predicted molar refractivity (Wildman–Crippen MR) is 88.8 cm³/mol. The van der Waals surface area contributed by atoms with Crippen molar-refractivity contribution in [2.75, 3.05) is 19.6 Å². The van der Waals surface area contributed by atoms with Crippen LogP contribution in [0.5, 0.6) is 0 Å². The van der Waals surface area contributed by atoms with Crippen LogP contribution in [0.1, 0.15) is 77.0 Å². The fourth-order valence-corrected chi connectivity index (χ4v) is 4.29. The Bertz CT molecular complexity index is 316. The second-order valence-electron chi connectivity index (χ2n) is 7.39. The minimum Gasteiger partial charge on any atom is -0.303 e. The van der Waals surface area contributed by atoms with Crippen LogP contribution in [0.25, 0.3) is 0 Å². The third-order valence-corrected chi connectivity index (χ3v) is 5.50. The zero-order valence-electron chi connectivity index (χ0n) is 14.1. The first kappa shape index (κ1) is 17.7. The lowest BCUT2D eigenvalue weighted by Gasteiger charge is -2.34. The molecule has 0 aromatic carbocycles. The highest BCUT2D eigenvalue weighted by Crippen LogP contribution is 2.33. The molecule has 4 heteroatoms. The highest BCUT2D eigenvalue weighted by Gasteiger charge is 2.24. The van der Waals surface area contributed by atoms with E-state index in [0.717, 1.165) is 24.7 Å². The van der Waals surface area contributed by atoms with E-state index in [1.807, 2.05) is 0 Å². The smallest absolute Gasteiger partial charge is 0.243 e. The number of piperidine rings is 1. The van der Waals surface area contributed by atoms with Crippen molar-refractivity contribution in [3.63, 3.8) is 0 Å². The summed E-state index contributed by atoms with van der Waals surface area (Å²) in [6.07, 6.45) is 15.1. The predicted octanol–water partition coefficient (Wildman–Crippen LogP) is 3.73. The van der Waals surface area contributed by atoms with E-state index in [1.54, 1.807) is 5.48 Å². The van der Waals surface area contributed by atoms with Crippen LogP contribution in [-0.4, -0.2) is 35.6 Å². The fraction of sp³-hybridized carbons (Fsp3) is 0.944. The molecule has 2 N–H and O–H groups in total. The van der Waals surface area contributed by atoms with Gasteiger partial charge in [0.25, 0.3) is 0 Å². The molecule has 1 saturated carbocycles. The largest absolute Gasteiger partial charge is 0.303 e. The molecule has 1 atom stereocenters. The van der Waals surface area contributed by atoms with Crippen LogP contribution in [0, 0.1) is 11.8 Å². The Hall–Kier alpha value is -0.610. The third kappa shape index (κ3) is 6.66. The van der Waals surface area contributed by atoms with Crippen LogP contribution >= 0.6 is 0 Å². The Kier molecular flexibility index (Phi) is 8.24. The number of nitrogens with zero attached hydrogens (tertiary/aromatic N) is 1. The van der Waals surface area contributed by atoms with E-state index in [0.29, 0.717) is 6.42 Å². The topological polar surface area (TPSA) is 52.6 Å². The van der Waals surface area contributed by atoms with Gasteiger partial charge in [-0.25, -0.2) is 5.48 Å². The van der Waals surface area contributed by atoms with Gasteiger partial charge in [0, 0.05) is 13.0 Å². The Labute approximate surface area is 135 Å². The van der Waals surface area contributed by atoms with Gasteiger partial charge in [0.05, 0.1) is 0 Å². The van der Waals surface area contributed by atoms with E-state index < -0.39 is 0 Å². The maximum atomic E-state index is 10.9. The second-order valence-corrected chi connectivity index (χ2v) is 7.39. The molecule has 2 rings (SSSR count). The van der Waals surface area contributed by atoms with Crippen molar-refractivity contribution in [2.24, 2.45) is 11.8 Å². The molecule has 128 valence electrons. The van der Waals surface area contributed by atoms with Crippen LogP contribution in [0.3, 0.4) is 0 Å². The van der Waals surface area contributed by atoms with Gasteiger partial charge in [-0.05, 0) is 57.0 Å². The minimum absolute atomic E-state index is 0.259. The van der Waals surface area contributed by atoms with E-state index >= 15 is 0 Å². The summed E-state index contributed by atoms with van der Waals surface area (Å²) in [6.45, 7) is 3.84. The lowest BCUT2D eigenvalue weighted by atomic mass is 9.87. The molecule has 0 aromatic heterocycles. The van der Waals surface area contributed by atoms with Crippen LogP contribution in [-0.2, 0) is 4.79 Å². The number of carbonyl (C=O) groups is 1. The van der Waals surface area contributed by atoms with Gasteiger partial charge in [-0.3, -0.25) is 10.0 Å². The number of nitrogens with one attached hydrogen (secondary N) is 1. The molecule has 1 saturated heterocycles. The number of likely N-dealkylation sites (tertiary alicyclic amines) is 1. The van der Waals surface area contributed by atoms with Gasteiger partial charge in [-0.2, -0.15) is 0 Å². The summed E-state index contributed by atoms with van der Waals surface area (Å²) < 4.78 is 0. The van der Waals surface area contributed by atoms with Crippen LogP contribution in [0.4, 0.5) is 0 Å². The number of hydrogen-bond acceptors (Lipinski definition) is 3. The minimum atomic E-state index is -0.259. The van der Waals surface area contributed by atoms with Gasteiger partial charge in [0.1, 0.15) is 0 Å². The summed E-state index contributed by atoms with van der Waals surface area (Å²) in [5, 5.41) is 8.43. The number of rotatable bonds is 9. The first-order valence-electron chi connectivity index (χ1n) is 9.43. The van der Waals surface area contributed by atoms with E-state index in [9.17, 15) is 4.79 Å². The van der Waals surface area contributed by atoms with Crippen LogP contribution in [0.15, 0.2) is 0 Å². The standard InChI is InChI=1S/C18H34N2O2/c21-18(19-22)11-3-1-2-6-12-20-13-7-10-17(15-20)14-16-8-4-5-9-16/h16-17,22H,1-15H2,(H,19,21). The Balaban J connectivity index is 1.51. The molecule has 2 fully saturated rings. The zero-order valence-corrected chi connectivity index (χ0v) is 14.1. The monoisotopic (exact) mass is 310 g/mol. The third-order valence-electron chi connectivity index (χ3n) is 5.50. The Morgan fingerprint density at radius 3 is 2.50 bits per heavy atom. The molecule has 0 radical (unpaired) electrons. The van der Waals surface area contributed by atoms with Crippen molar-refractivity contribution in [3.8, 4) is 0 Å². The number of hydrogen-bond donors (Lipinski definition) is 2. The maximum Gasteiger partial charge on any atom is 0.243 e. The van der Waals surface area contributed by atoms with Crippen molar-refractivity contribution < 1.29 is 10.0 Å². The molecule has 1 unspecified atom stereocenters. The van der Waals surface area contributed by atoms with E-state index in [4.69, 9.17) is 5.21 Å². The first-order valence-corrected chi connectivity index (χ1v) is 9.43. The number of hydroxylamine groups is 1. The van der Waals surface area contributed by atoms with Crippen LogP contribution < -0.4 is 5.48 Å². The Morgan fingerprint density at radius 2 is 1.73 bits per heavy atom. The van der Waals surface area contributed by atoms with E-state index in [1.165, 1.54) is 77.4 Å². The lowest BCUT2D eigenvalue weighted by Crippen LogP contribution is -2.36. The number of amides is 1. The van der Waals surface area contributed by atoms with Crippen LogP contribution in [0.2, 0.25) is 0 Å². The molecule has 0 bridgehead atoms. The highest BCUT2D eigenvalue weighted by molar-refractivity contribution is 5.74. The molecule has 1 aliphatic carbocycles. The average Bonchev–Trinajstić information content (AvgIpc) is 3.03. The number of carbonyl (C=O) groups excluding carboxylic acids is 1. The van der Waals surface area contributed by atoms with E-state index in [-0.39, 0.29) is 5.91 Å². The zero-order chi connectivity index (χ0) is 15.6. The van der Waals surface area contributed by atoms with Crippen molar-refractivity contribution in [3.05, 3.63) is 0 Å². The molecule has 1 aliphatic heterocycles. The highest BCUT2D eigenvalue weighted by atomic mass is 16.5. The van der Waals surface area contributed by atoms with Gasteiger partial charge in [-0.1, -0.05) is 38.5 Å². The molecule has 22 heavy (non-hydrogen) atoms. The van der Waals surface area contributed by atoms with Crippen molar-refractivity contribution in [1.82, 2.24) is 10.4 Å². The van der Waals surface area contributed by atoms with Gasteiger partial charge < -0.3 is 4.90 Å². The molecule has 0 aromatic rings. The summed E-state index contributed by atoms with van der Waals surface area (Å²) in [5.74, 6) is 1.72. The molecule has 1 heterocycles. The number of unbranched alkanes of at least 4 members (excludes halogenated alkanes) is 3. The van der Waals surface area contributed by atoms with Crippen molar-refractivity contribution in [1.29, 1.82) is 0 Å². The summed E-state index contributed by atoms with van der Waals surface area (Å²) in [5.41, 5.74) is 1.69. The lowest BCUT2D eigenvalue weighted by molar-refractivity contribution is -0.129. The normalized spacial score (nSPS) is 23.8. The SMILES string of the molecule is O=C(CCCCCCN1CCCC(CC2CCCC2)C1)NO. The first-order chi connectivity index (χ1) is 10.8. The fourth-order valence-electron chi connectivity index (χ4n) is 4.29. The summed E-state index contributed by atoms with van der Waals surface area (Å²) in [4.78, 5) is 13.6. The van der Waals surface area contributed by atoms with Gasteiger partial charge in [-0.15, -0.1) is 0 Å². The summed E-state index contributed by atoms with van der Waals surface area (Å²) >= 11 is 0.